The van der Waals surface area contributed by atoms with Gasteiger partial charge >= 0.3 is 0 Å². The molecule has 0 aromatic heterocycles. The quantitative estimate of drug-likeness (QED) is 0.549. The lowest BCUT2D eigenvalue weighted by Gasteiger charge is -2.40. The van der Waals surface area contributed by atoms with Crippen LogP contribution in [0.4, 0.5) is 8.78 Å². The molecule has 0 aliphatic carbocycles. The maximum atomic E-state index is 14.2. The number of carbonyl (C=O) groups is 1. The molecule has 1 heterocycles. The van der Waals surface area contributed by atoms with Crippen molar-refractivity contribution in [2.75, 3.05) is 45.8 Å². The minimum absolute atomic E-state index is 0.0856. The fraction of sp³-hybridized carbons (Fsp3) is 0.600. The van der Waals surface area contributed by atoms with Crippen LogP contribution < -0.4 is 10.6 Å². The molecule has 8 heteroatoms. The van der Waals surface area contributed by atoms with Crippen LogP contribution in [0.15, 0.2) is 23.2 Å². The molecule has 0 bridgehead atoms. The Morgan fingerprint density at radius 1 is 1.11 bits per heavy atom. The van der Waals surface area contributed by atoms with E-state index in [4.69, 9.17) is 0 Å². The van der Waals surface area contributed by atoms with Crippen LogP contribution in [0.1, 0.15) is 38.8 Å². The second-order valence-corrected chi connectivity index (χ2v) is 6.74. The van der Waals surface area contributed by atoms with Crippen molar-refractivity contribution in [1.29, 1.82) is 0 Å². The van der Waals surface area contributed by atoms with Crippen LogP contribution in [0, 0.1) is 11.6 Å². The molecule has 0 radical (unpaired) electrons. The van der Waals surface area contributed by atoms with Gasteiger partial charge in [0.2, 0.25) is 5.91 Å². The molecule has 1 amide bonds. The van der Waals surface area contributed by atoms with Crippen molar-refractivity contribution in [2.45, 2.75) is 33.2 Å². The molecule has 1 aromatic carbocycles. The largest absolute Gasteiger partial charge is 0.357 e. The third-order valence-electron chi connectivity index (χ3n) is 4.84. The zero-order valence-corrected chi connectivity index (χ0v) is 17.0. The molecular weight excluding hydrogens is 364 g/mol. The predicted octanol–water partition coefficient (Wildman–Crippen LogP) is 2.14. The van der Waals surface area contributed by atoms with Gasteiger partial charge in [-0.15, -0.1) is 0 Å². The van der Waals surface area contributed by atoms with Crippen LogP contribution in [0.2, 0.25) is 0 Å². The predicted molar refractivity (Wildman–Crippen MR) is 107 cm³/mol. The Morgan fingerprint density at radius 3 is 2.36 bits per heavy atom. The first-order valence-electron chi connectivity index (χ1n) is 9.99. The van der Waals surface area contributed by atoms with Crippen LogP contribution in [0.25, 0.3) is 0 Å². The summed E-state index contributed by atoms with van der Waals surface area (Å²) in [5.74, 6) is -0.436. The number of hydrogen-bond acceptors (Lipinski definition) is 3. The van der Waals surface area contributed by atoms with Crippen LogP contribution in [-0.4, -0.2) is 67.5 Å². The number of nitrogens with one attached hydrogen (secondary N) is 2. The Bertz CT molecular complexity index is 675. The molecule has 1 aromatic rings. The molecule has 0 spiro atoms. The molecule has 1 aliphatic rings. The second-order valence-electron chi connectivity index (χ2n) is 6.74. The third-order valence-corrected chi connectivity index (χ3v) is 4.84. The van der Waals surface area contributed by atoms with Gasteiger partial charge in [0, 0.05) is 56.9 Å². The van der Waals surface area contributed by atoms with Gasteiger partial charge in [0.25, 0.3) is 0 Å². The minimum Gasteiger partial charge on any atom is -0.357 e. The number of likely N-dealkylation sites (N-methyl/N-ethyl adjacent to an activating group) is 1. The van der Waals surface area contributed by atoms with Crippen LogP contribution in [-0.2, 0) is 4.79 Å². The van der Waals surface area contributed by atoms with E-state index in [-0.39, 0.29) is 18.5 Å². The molecule has 0 saturated carbocycles. The molecule has 1 fully saturated rings. The maximum Gasteiger partial charge on any atom is 0.241 e. The maximum absolute atomic E-state index is 14.2. The second kappa shape index (κ2) is 10.9. The number of guanidine groups is 1. The van der Waals surface area contributed by atoms with Crippen molar-refractivity contribution in [3.05, 3.63) is 35.4 Å². The molecule has 2 N–H and O–H groups in total. The summed E-state index contributed by atoms with van der Waals surface area (Å²) in [6, 6.07) is 3.72. The molecule has 1 saturated heterocycles. The van der Waals surface area contributed by atoms with Crippen molar-refractivity contribution < 1.29 is 13.6 Å². The third kappa shape index (κ3) is 5.89. The summed E-state index contributed by atoms with van der Waals surface area (Å²) in [5, 5.41) is 5.97. The van der Waals surface area contributed by atoms with Crippen molar-refractivity contribution in [3.8, 4) is 0 Å². The molecule has 2 rings (SSSR count). The Hall–Kier alpha value is -2.22. The van der Waals surface area contributed by atoms with E-state index in [0.29, 0.717) is 18.7 Å². The van der Waals surface area contributed by atoms with E-state index in [9.17, 15) is 13.6 Å². The summed E-state index contributed by atoms with van der Waals surface area (Å²) < 4.78 is 27.5. The topological polar surface area (TPSA) is 60.0 Å². The zero-order valence-electron chi connectivity index (χ0n) is 17.0. The standard InChI is InChI=1S/C20H31F2N5O/c1-4-18(16-8-7-15(21)13-17(16)22)26-9-11-27(12-10-26)20(24-6-3)25-14-19(28)23-5-2/h7-8,13,18H,4-6,9-12,14H2,1-3H3,(H,23,28)(H,24,25). The summed E-state index contributed by atoms with van der Waals surface area (Å²) in [7, 11) is 0. The lowest BCUT2D eigenvalue weighted by atomic mass is 10.0. The number of nitrogens with zero attached hydrogens (tertiary/aromatic N) is 3. The van der Waals surface area contributed by atoms with Gasteiger partial charge in [0.15, 0.2) is 5.96 Å². The van der Waals surface area contributed by atoms with Crippen LogP contribution >= 0.6 is 0 Å². The highest BCUT2D eigenvalue weighted by Gasteiger charge is 2.27. The zero-order chi connectivity index (χ0) is 20.5. The summed E-state index contributed by atoms with van der Waals surface area (Å²) in [6.07, 6.45) is 0.744. The van der Waals surface area contributed by atoms with Gasteiger partial charge in [-0.2, -0.15) is 0 Å². The van der Waals surface area contributed by atoms with E-state index >= 15 is 0 Å². The Morgan fingerprint density at radius 2 is 1.79 bits per heavy atom. The van der Waals surface area contributed by atoms with Crippen molar-refractivity contribution >= 4 is 11.9 Å². The number of piperazine rings is 1. The van der Waals surface area contributed by atoms with Gasteiger partial charge in [-0.1, -0.05) is 13.0 Å². The van der Waals surface area contributed by atoms with Crippen molar-refractivity contribution in [1.82, 2.24) is 20.4 Å². The summed E-state index contributed by atoms with van der Waals surface area (Å²) in [5.41, 5.74) is 0.536. The smallest absolute Gasteiger partial charge is 0.241 e. The van der Waals surface area contributed by atoms with Crippen molar-refractivity contribution in [3.63, 3.8) is 0 Å². The summed E-state index contributed by atoms with van der Waals surface area (Å²) >= 11 is 0. The first kappa shape index (κ1) is 22.1. The van der Waals surface area contributed by atoms with Gasteiger partial charge in [0.05, 0.1) is 0 Å². The van der Waals surface area contributed by atoms with Gasteiger partial charge in [-0.05, 0) is 26.3 Å². The number of benzene rings is 1. The highest BCUT2D eigenvalue weighted by molar-refractivity contribution is 5.85. The van der Waals surface area contributed by atoms with Crippen molar-refractivity contribution in [2.24, 2.45) is 4.99 Å². The first-order chi connectivity index (χ1) is 13.5. The SMILES string of the molecule is CCNC(=O)CN=C(NCC)N1CCN(C(CC)c2ccc(F)cc2F)CC1. The van der Waals surface area contributed by atoms with E-state index in [0.717, 1.165) is 44.6 Å². The number of amides is 1. The highest BCUT2D eigenvalue weighted by atomic mass is 19.1. The fourth-order valence-corrected chi connectivity index (χ4v) is 3.52. The molecule has 1 atom stereocenters. The Balaban J connectivity index is 2.02. The normalized spacial score (nSPS) is 16.8. The van der Waals surface area contributed by atoms with E-state index < -0.39 is 11.6 Å². The van der Waals surface area contributed by atoms with E-state index in [1.807, 2.05) is 20.8 Å². The molecule has 1 aliphatic heterocycles. The highest BCUT2D eigenvalue weighted by Crippen LogP contribution is 2.28. The van der Waals surface area contributed by atoms with E-state index in [2.05, 4.69) is 25.4 Å². The summed E-state index contributed by atoms with van der Waals surface area (Å²) in [6.45, 7) is 10.2. The van der Waals surface area contributed by atoms with Gasteiger partial charge in [-0.3, -0.25) is 9.69 Å². The van der Waals surface area contributed by atoms with Gasteiger partial charge in [-0.25, -0.2) is 13.8 Å². The van der Waals surface area contributed by atoms with Gasteiger partial charge in [0.1, 0.15) is 18.2 Å². The fourth-order valence-electron chi connectivity index (χ4n) is 3.52. The first-order valence-corrected chi connectivity index (χ1v) is 9.99. The number of aliphatic imine (C=N–C) groups is 1. The Kier molecular flexibility index (Phi) is 8.63. The number of rotatable bonds is 7. The van der Waals surface area contributed by atoms with E-state index in [1.54, 1.807) is 6.07 Å². The number of hydrogen-bond donors (Lipinski definition) is 2. The molecule has 6 nitrogen and oxygen atoms in total. The molecule has 28 heavy (non-hydrogen) atoms. The monoisotopic (exact) mass is 395 g/mol. The number of halogens is 2. The summed E-state index contributed by atoms with van der Waals surface area (Å²) in [4.78, 5) is 20.5. The number of carbonyl (C=O) groups excluding carboxylic acids is 1. The Labute approximate surface area is 166 Å². The minimum atomic E-state index is -0.556. The van der Waals surface area contributed by atoms with Crippen LogP contribution in [0.3, 0.4) is 0 Å². The lowest BCUT2D eigenvalue weighted by molar-refractivity contribution is -0.119. The average Bonchev–Trinajstić information content (AvgIpc) is 2.68. The molecule has 1 unspecified atom stereocenters. The average molecular weight is 395 g/mol. The van der Waals surface area contributed by atoms with E-state index in [1.165, 1.54) is 6.07 Å². The van der Waals surface area contributed by atoms with Gasteiger partial charge < -0.3 is 15.5 Å². The molecule has 156 valence electrons. The molecular formula is C20H31F2N5O. The van der Waals surface area contributed by atoms with Crippen LogP contribution in [0.5, 0.6) is 0 Å². The lowest BCUT2D eigenvalue weighted by Crippen LogP contribution is -2.53.